The van der Waals surface area contributed by atoms with Crippen molar-refractivity contribution in [1.29, 1.82) is 0 Å². The molecule has 1 saturated heterocycles. The van der Waals surface area contributed by atoms with Crippen LogP contribution in [0.2, 0.25) is 0 Å². The van der Waals surface area contributed by atoms with Crippen LogP contribution in [0.1, 0.15) is 33.0 Å². The van der Waals surface area contributed by atoms with Crippen LogP contribution in [-0.4, -0.2) is 23.8 Å². The molecule has 2 atom stereocenters. The zero-order chi connectivity index (χ0) is 14.4. The summed E-state index contributed by atoms with van der Waals surface area (Å²) in [5.74, 6) is 0.927. The largest absolute Gasteiger partial charge is 0.298 e. The first-order chi connectivity index (χ1) is 10.2. The zero-order valence-corrected chi connectivity index (χ0v) is 12.3. The first kappa shape index (κ1) is 12.8. The van der Waals surface area contributed by atoms with E-state index in [4.69, 9.17) is 0 Å². The summed E-state index contributed by atoms with van der Waals surface area (Å²) < 4.78 is 0. The Kier molecular flexibility index (Phi) is 2.93. The van der Waals surface area contributed by atoms with Crippen LogP contribution < -0.4 is 0 Å². The molecule has 0 radical (unpaired) electrons. The van der Waals surface area contributed by atoms with E-state index in [0.717, 1.165) is 25.2 Å². The molecule has 21 heavy (non-hydrogen) atoms. The number of benzene rings is 2. The van der Waals surface area contributed by atoms with Crippen molar-refractivity contribution >= 4 is 5.78 Å². The van der Waals surface area contributed by atoms with Crippen LogP contribution >= 0.6 is 0 Å². The Morgan fingerprint density at radius 1 is 1.00 bits per heavy atom. The third-order valence-corrected chi connectivity index (χ3v) is 4.94. The van der Waals surface area contributed by atoms with Gasteiger partial charge in [-0.1, -0.05) is 48.5 Å². The van der Waals surface area contributed by atoms with Gasteiger partial charge < -0.3 is 0 Å². The first-order valence-corrected chi connectivity index (χ1v) is 7.64. The molecule has 4 rings (SSSR count). The van der Waals surface area contributed by atoms with E-state index in [1.807, 2.05) is 18.2 Å². The van der Waals surface area contributed by atoms with Crippen molar-refractivity contribution in [2.24, 2.45) is 5.92 Å². The standard InChI is InChI=1S/C19H19NO/c1-13-6-5-9-15-18(13)16-11-20(12-17(16)19(15)21)10-14-7-3-2-4-8-14/h2-9,16-17H,10-12H2,1H3. The molecule has 2 heteroatoms. The average molecular weight is 277 g/mol. The molecule has 2 unspecified atom stereocenters. The van der Waals surface area contributed by atoms with Gasteiger partial charge in [0.2, 0.25) is 0 Å². The van der Waals surface area contributed by atoms with Crippen molar-refractivity contribution in [2.45, 2.75) is 19.4 Å². The Hall–Kier alpha value is -1.93. The van der Waals surface area contributed by atoms with Crippen molar-refractivity contribution in [3.8, 4) is 0 Å². The Morgan fingerprint density at radius 2 is 1.76 bits per heavy atom. The van der Waals surface area contributed by atoms with Gasteiger partial charge in [-0.25, -0.2) is 0 Å². The number of Topliss-reactive ketones (excluding diaryl/α,β-unsaturated/α-hetero) is 1. The summed E-state index contributed by atoms with van der Waals surface area (Å²) >= 11 is 0. The molecule has 0 bridgehead atoms. The fourth-order valence-corrected chi connectivity index (χ4v) is 4.00. The summed E-state index contributed by atoms with van der Waals surface area (Å²) in [6.45, 7) is 4.98. The molecule has 1 aliphatic heterocycles. The lowest BCUT2D eigenvalue weighted by Gasteiger charge is -2.17. The number of rotatable bonds is 2. The topological polar surface area (TPSA) is 20.3 Å². The SMILES string of the molecule is Cc1cccc2c1C1CN(Cc3ccccc3)CC1C2=O. The molecule has 1 heterocycles. The molecule has 0 aromatic heterocycles. The van der Waals surface area contributed by atoms with Gasteiger partial charge in [0.05, 0.1) is 0 Å². The normalized spacial score (nSPS) is 24.1. The number of hydrogen-bond acceptors (Lipinski definition) is 2. The number of hydrogen-bond donors (Lipinski definition) is 0. The first-order valence-electron chi connectivity index (χ1n) is 7.64. The van der Waals surface area contributed by atoms with Crippen LogP contribution in [0.25, 0.3) is 0 Å². The summed E-state index contributed by atoms with van der Waals surface area (Å²) in [7, 11) is 0. The van der Waals surface area contributed by atoms with Gasteiger partial charge in [0.25, 0.3) is 0 Å². The number of carbonyl (C=O) groups excluding carboxylic acids is 1. The number of nitrogens with zero attached hydrogens (tertiary/aromatic N) is 1. The minimum Gasteiger partial charge on any atom is -0.298 e. The molecule has 0 saturated carbocycles. The quantitative estimate of drug-likeness (QED) is 0.838. The van der Waals surface area contributed by atoms with Gasteiger partial charge in [-0.05, 0) is 23.6 Å². The molecular formula is C19H19NO. The molecule has 2 aromatic carbocycles. The lowest BCUT2D eigenvalue weighted by molar-refractivity contribution is 0.0931. The zero-order valence-electron chi connectivity index (χ0n) is 12.3. The number of ketones is 1. The monoisotopic (exact) mass is 277 g/mol. The smallest absolute Gasteiger partial charge is 0.168 e. The van der Waals surface area contributed by atoms with Gasteiger partial charge in [0, 0.05) is 37.0 Å². The fourth-order valence-electron chi connectivity index (χ4n) is 4.00. The Morgan fingerprint density at radius 3 is 2.57 bits per heavy atom. The summed E-state index contributed by atoms with van der Waals surface area (Å²) in [4.78, 5) is 15.0. The Balaban J connectivity index is 1.60. The second-order valence-corrected chi connectivity index (χ2v) is 6.29. The molecule has 2 aliphatic rings. The maximum atomic E-state index is 12.6. The van der Waals surface area contributed by atoms with Crippen molar-refractivity contribution in [1.82, 2.24) is 4.90 Å². The van der Waals surface area contributed by atoms with E-state index in [1.165, 1.54) is 16.7 Å². The number of carbonyl (C=O) groups is 1. The minimum atomic E-state index is 0.171. The third-order valence-electron chi connectivity index (χ3n) is 4.94. The van der Waals surface area contributed by atoms with E-state index in [1.54, 1.807) is 0 Å². The van der Waals surface area contributed by atoms with E-state index in [2.05, 4.69) is 42.2 Å². The van der Waals surface area contributed by atoms with Gasteiger partial charge in [0.15, 0.2) is 5.78 Å². The van der Waals surface area contributed by atoms with Crippen molar-refractivity contribution in [3.63, 3.8) is 0 Å². The minimum absolute atomic E-state index is 0.171. The predicted molar refractivity (Wildman–Crippen MR) is 83.5 cm³/mol. The summed E-state index contributed by atoms with van der Waals surface area (Å²) in [6, 6.07) is 16.7. The summed E-state index contributed by atoms with van der Waals surface area (Å²) in [5, 5.41) is 0. The van der Waals surface area contributed by atoms with E-state index in [9.17, 15) is 4.79 Å². The highest BCUT2D eigenvalue weighted by Crippen LogP contribution is 2.44. The second kappa shape index (κ2) is 4.81. The highest BCUT2D eigenvalue weighted by atomic mass is 16.1. The van der Waals surface area contributed by atoms with Crippen LogP contribution in [0.4, 0.5) is 0 Å². The highest BCUT2D eigenvalue weighted by Gasteiger charge is 2.45. The second-order valence-electron chi connectivity index (χ2n) is 6.29. The molecule has 2 aromatic rings. The van der Waals surface area contributed by atoms with Crippen molar-refractivity contribution in [2.75, 3.05) is 13.1 Å². The number of aryl methyl sites for hydroxylation is 1. The average Bonchev–Trinajstić information content (AvgIpc) is 3.00. The predicted octanol–water partition coefficient (Wildman–Crippen LogP) is 3.41. The van der Waals surface area contributed by atoms with E-state index >= 15 is 0 Å². The molecule has 1 fully saturated rings. The lowest BCUT2D eigenvalue weighted by atomic mass is 9.93. The van der Waals surface area contributed by atoms with Crippen LogP contribution in [0.5, 0.6) is 0 Å². The lowest BCUT2D eigenvalue weighted by Crippen LogP contribution is -2.23. The molecule has 0 spiro atoms. The van der Waals surface area contributed by atoms with Crippen LogP contribution in [-0.2, 0) is 6.54 Å². The van der Waals surface area contributed by atoms with Gasteiger partial charge in [-0.15, -0.1) is 0 Å². The number of fused-ring (bicyclic) bond motifs is 3. The third kappa shape index (κ3) is 2.02. The van der Waals surface area contributed by atoms with Crippen LogP contribution in [0.3, 0.4) is 0 Å². The van der Waals surface area contributed by atoms with E-state index in [0.29, 0.717) is 11.7 Å². The van der Waals surface area contributed by atoms with E-state index in [-0.39, 0.29) is 5.92 Å². The Bertz CT molecular complexity index is 692. The van der Waals surface area contributed by atoms with Crippen LogP contribution in [0.15, 0.2) is 48.5 Å². The molecule has 0 amide bonds. The van der Waals surface area contributed by atoms with Crippen molar-refractivity contribution in [3.05, 3.63) is 70.8 Å². The van der Waals surface area contributed by atoms with Crippen LogP contribution in [0, 0.1) is 12.8 Å². The molecule has 2 nitrogen and oxygen atoms in total. The van der Waals surface area contributed by atoms with E-state index < -0.39 is 0 Å². The van der Waals surface area contributed by atoms with Gasteiger partial charge in [-0.3, -0.25) is 9.69 Å². The van der Waals surface area contributed by atoms with Gasteiger partial charge in [0.1, 0.15) is 0 Å². The molecule has 1 aliphatic carbocycles. The Labute approximate surface area is 125 Å². The molecular weight excluding hydrogens is 258 g/mol. The maximum absolute atomic E-state index is 12.6. The summed E-state index contributed by atoms with van der Waals surface area (Å²) in [5.41, 5.74) is 4.89. The molecule has 106 valence electrons. The molecule has 0 N–H and O–H groups in total. The number of likely N-dealkylation sites (tertiary alicyclic amines) is 1. The van der Waals surface area contributed by atoms with Gasteiger partial charge >= 0.3 is 0 Å². The van der Waals surface area contributed by atoms with Gasteiger partial charge in [-0.2, -0.15) is 0 Å². The summed E-state index contributed by atoms with van der Waals surface area (Å²) in [6.07, 6.45) is 0. The highest BCUT2D eigenvalue weighted by molar-refractivity contribution is 6.04. The fraction of sp³-hybridized carbons (Fsp3) is 0.316. The maximum Gasteiger partial charge on any atom is 0.168 e. The van der Waals surface area contributed by atoms with Crippen molar-refractivity contribution < 1.29 is 4.79 Å².